The lowest BCUT2D eigenvalue weighted by Gasteiger charge is -2.01. The molecule has 0 amide bonds. The molecule has 2 rings (SSSR count). The molecular formula is C12H11NO3. The summed E-state index contributed by atoms with van der Waals surface area (Å²) in [7, 11) is 0. The lowest BCUT2D eigenvalue weighted by Crippen LogP contribution is -1.93. The number of rotatable bonds is 3. The fourth-order valence-corrected chi connectivity index (χ4v) is 1.50. The van der Waals surface area contributed by atoms with Gasteiger partial charge in [-0.05, 0) is 18.1 Å². The third kappa shape index (κ3) is 2.11. The Labute approximate surface area is 92.5 Å². The first kappa shape index (κ1) is 10.4. The molecule has 82 valence electrons. The van der Waals surface area contributed by atoms with Crippen molar-refractivity contribution in [2.75, 3.05) is 0 Å². The van der Waals surface area contributed by atoms with Crippen molar-refractivity contribution in [3.8, 4) is 0 Å². The summed E-state index contributed by atoms with van der Waals surface area (Å²) < 4.78 is 4.69. The van der Waals surface area contributed by atoms with Gasteiger partial charge in [0.15, 0.2) is 0 Å². The Bertz CT molecular complexity index is 516. The van der Waals surface area contributed by atoms with Crippen LogP contribution in [0, 0.1) is 6.92 Å². The van der Waals surface area contributed by atoms with E-state index >= 15 is 0 Å². The summed E-state index contributed by atoms with van der Waals surface area (Å²) >= 11 is 0. The van der Waals surface area contributed by atoms with E-state index in [2.05, 4.69) is 9.68 Å². The van der Waals surface area contributed by atoms with Crippen molar-refractivity contribution in [3.63, 3.8) is 0 Å². The van der Waals surface area contributed by atoms with Gasteiger partial charge >= 0.3 is 5.97 Å². The molecule has 0 saturated carbocycles. The molecule has 4 heteroatoms. The number of aromatic carboxylic acids is 1. The number of aromatic nitrogens is 1. The molecule has 0 radical (unpaired) electrons. The zero-order valence-electron chi connectivity index (χ0n) is 8.80. The van der Waals surface area contributed by atoms with Crippen LogP contribution in [0.25, 0.3) is 0 Å². The van der Waals surface area contributed by atoms with E-state index in [1.807, 2.05) is 31.2 Å². The maximum absolute atomic E-state index is 10.6. The summed E-state index contributed by atoms with van der Waals surface area (Å²) in [6.07, 6.45) is 0.587. The molecule has 0 atom stereocenters. The Kier molecular flexibility index (Phi) is 2.72. The van der Waals surface area contributed by atoms with Gasteiger partial charge in [-0.25, -0.2) is 4.79 Å². The topological polar surface area (TPSA) is 63.3 Å². The van der Waals surface area contributed by atoms with E-state index in [0.717, 1.165) is 11.1 Å². The van der Waals surface area contributed by atoms with Crippen molar-refractivity contribution in [3.05, 3.63) is 52.9 Å². The molecule has 0 unspecified atom stereocenters. The molecule has 2 aromatic rings. The summed E-state index contributed by atoms with van der Waals surface area (Å²) in [6, 6.07) is 9.36. The van der Waals surface area contributed by atoms with E-state index in [4.69, 9.17) is 5.11 Å². The highest BCUT2D eigenvalue weighted by atomic mass is 16.5. The van der Waals surface area contributed by atoms with Crippen LogP contribution in [-0.2, 0) is 6.42 Å². The molecule has 1 aromatic heterocycles. The van der Waals surface area contributed by atoms with E-state index in [9.17, 15) is 4.79 Å². The van der Waals surface area contributed by atoms with Crippen LogP contribution in [0.15, 0.2) is 34.9 Å². The number of carboxylic acids is 1. The van der Waals surface area contributed by atoms with Crippen molar-refractivity contribution in [2.24, 2.45) is 0 Å². The quantitative estimate of drug-likeness (QED) is 0.856. The maximum atomic E-state index is 10.6. The molecular weight excluding hydrogens is 206 g/mol. The molecule has 0 aliphatic rings. The van der Waals surface area contributed by atoms with Crippen molar-refractivity contribution in [1.29, 1.82) is 0 Å². The highest BCUT2D eigenvalue weighted by molar-refractivity contribution is 5.84. The van der Waals surface area contributed by atoms with Crippen LogP contribution in [0.3, 0.4) is 0 Å². The normalized spacial score (nSPS) is 10.3. The van der Waals surface area contributed by atoms with Crippen molar-refractivity contribution in [1.82, 2.24) is 5.16 Å². The van der Waals surface area contributed by atoms with Gasteiger partial charge in [0.25, 0.3) is 0 Å². The first-order valence-electron chi connectivity index (χ1n) is 4.90. The molecule has 4 nitrogen and oxygen atoms in total. The van der Waals surface area contributed by atoms with Gasteiger partial charge in [-0.1, -0.05) is 29.4 Å². The van der Waals surface area contributed by atoms with Crippen LogP contribution in [0.5, 0.6) is 0 Å². The molecule has 0 saturated heterocycles. The number of benzene rings is 1. The smallest absolute Gasteiger partial charge is 0.374 e. The SMILES string of the molecule is Cc1ccccc1Cc1cc(C(=O)O)on1. The highest BCUT2D eigenvalue weighted by Gasteiger charge is 2.11. The van der Waals surface area contributed by atoms with E-state index in [-0.39, 0.29) is 5.76 Å². The number of carbonyl (C=O) groups is 1. The van der Waals surface area contributed by atoms with Crippen LogP contribution in [0.4, 0.5) is 0 Å². The van der Waals surface area contributed by atoms with Gasteiger partial charge in [0.05, 0.1) is 5.69 Å². The van der Waals surface area contributed by atoms with Gasteiger partial charge in [0, 0.05) is 12.5 Å². The molecule has 0 bridgehead atoms. The van der Waals surface area contributed by atoms with E-state index in [1.54, 1.807) is 0 Å². The summed E-state index contributed by atoms with van der Waals surface area (Å²) in [6.45, 7) is 2.01. The van der Waals surface area contributed by atoms with Crippen LogP contribution in [0.1, 0.15) is 27.4 Å². The summed E-state index contributed by atoms with van der Waals surface area (Å²) in [5.74, 6) is -1.22. The number of aryl methyl sites for hydroxylation is 1. The highest BCUT2D eigenvalue weighted by Crippen LogP contribution is 2.13. The first-order chi connectivity index (χ1) is 7.66. The van der Waals surface area contributed by atoms with Crippen molar-refractivity contribution in [2.45, 2.75) is 13.3 Å². The first-order valence-corrected chi connectivity index (χ1v) is 4.90. The second-order valence-electron chi connectivity index (χ2n) is 3.59. The fourth-order valence-electron chi connectivity index (χ4n) is 1.50. The average Bonchev–Trinajstić information content (AvgIpc) is 2.70. The van der Waals surface area contributed by atoms with E-state index < -0.39 is 5.97 Å². The Morgan fingerprint density at radius 2 is 2.19 bits per heavy atom. The number of nitrogens with zero attached hydrogens (tertiary/aromatic N) is 1. The lowest BCUT2D eigenvalue weighted by molar-refractivity contribution is 0.0652. The van der Waals surface area contributed by atoms with E-state index in [1.165, 1.54) is 6.07 Å². The standard InChI is InChI=1S/C12H11NO3/c1-8-4-2-3-5-9(8)6-10-7-11(12(14)15)16-13-10/h2-5,7H,6H2,1H3,(H,14,15). The third-order valence-corrected chi connectivity index (χ3v) is 2.40. The van der Waals surface area contributed by atoms with Gasteiger partial charge in [-0.15, -0.1) is 0 Å². The van der Waals surface area contributed by atoms with Crippen LogP contribution < -0.4 is 0 Å². The lowest BCUT2D eigenvalue weighted by atomic mass is 10.0. The molecule has 1 N–H and O–H groups in total. The molecule has 1 heterocycles. The Balaban J connectivity index is 2.21. The van der Waals surface area contributed by atoms with Crippen LogP contribution >= 0.6 is 0 Å². The third-order valence-electron chi connectivity index (χ3n) is 2.40. The van der Waals surface area contributed by atoms with Gasteiger partial charge < -0.3 is 9.63 Å². The van der Waals surface area contributed by atoms with Crippen LogP contribution in [-0.4, -0.2) is 16.2 Å². The van der Waals surface area contributed by atoms with Gasteiger partial charge in [-0.3, -0.25) is 0 Å². The van der Waals surface area contributed by atoms with Gasteiger partial charge in [0.2, 0.25) is 5.76 Å². The van der Waals surface area contributed by atoms with Crippen molar-refractivity contribution < 1.29 is 14.4 Å². The number of hydrogen-bond donors (Lipinski definition) is 1. The van der Waals surface area contributed by atoms with Crippen molar-refractivity contribution >= 4 is 5.97 Å². The fraction of sp³-hybridized carbons (Fsp3) is 0.167. The number of carboxylic acid groups (broad SMARTS) is 1. The van der Waals surface area contributed by atoms with Gasteiger partial charge in [-0.2, -0.15) is 0 Å². The molecule has 0 spiro atoms. The second-order valence-corrected chi connectivity index (χ2v) is 3.59. The van der Waals surface area contributed by atoms with E-state index in [0.29, 0.717) is 12.1 Å². The van der Waals surface area contributed by atoms with Crippen LogP contribution in [0.2, 0.25) is 0 Å². The zero-order valence-corrected chi connectivity index (χ0v) is 8.80. The minimum Gasteiger partial charge on any atom is -0.475 e. The molecule has 1 aromatic carbocycles. The summed E-state index contributed by atoms with van der Waals surface area (Å²) in [5.41, 5.74) is 2.90. The molecule has 0 aliphatic carbocycles. The van der Waals surface area contributed by atoms with Gasteiger partial charge in [0.1, 0.15) is 0 Å². The largest absolute Gasteiger partial charge is 0.475 e. The Morgan fingerprint density at radius 1 is 1.44 bits per heavy atom. The summed E-state index contributed by atoms with van der Waals surface area (Å²) in [4.78, 5) is 10.6. The number of hydrogen-bond acceptors (Lipinski definition) is 3. The summed E-state index contributed by atoms with van der Waals surface area (Å²) in [5, 5.41) is 12.4. The minimum absolute atomic E-state index is 0.122. The second kappa shape index (κ2) is 4.18. The zero-order chi connectivity index (χ0) is 11.5. The average molecular weight is 217 g/mol. The predicted molar refractivity (Wildman–Crippen MR) is 57.4 cm³/mol. The molecule has 0 aliphatic heterocycles. The predicted octanol–water partition coefficient (Wildman–Crippen LogP) is 2.27. The molecule has 0 fully saturated rings. The Morgan fingerprint density at radius 3 is 2.81 bits per heavy atom. The Hall–Kier alpha value is -2.10. The monoisotopic (exact) mass is 217 g/mol. The minimum atomic E-state index is -1.09. The maximum Gasteiger partial charge on any atom is 0.374 e. The molecule has 16 heavy (non-hydrogen) atoms.